The van der Waals surface area contributed by atoms with Crippen LogP contribution in [0.25, 0.3) is 5.69 Å². The third-order valence-electron chi connectivity index (χ3n) is 4.04. The van der Waals surface area contributed by atoms with Crippen molar-refractivity contribution in [1.29, 1.82) is 0 Å². The fourth-order valence-corrected chi connectivity index (χ4v) is 3.35. The highest BCUT2D eigenvalue weighted by atomic mass is 79.9. The Morgan fingerprint density at radius 1 is 1.42 bits per heavy atom. The van der Waals surface area contributed by atoms with Crippen LogP contribution >= 0.6 is 28.3 Å². The monoisotopic (exact) mass is 416 g/mol. The number of benzene rings is 1. The van der Waals surface area contributed by atoms with Crippen molar-refractivity contribution in [2.24, 2.45) is 0 Å². The highest BCUT2D eigenvalue weighted by Crippen LogP contribution is 2.24. The van der Waals surface area contributed by atoms with E-state index in [1.165, 1.54) is 12.1 Å². The Kier molecular flexibility index (Phi) is 6.37. The molecule has 5 nitrogen and oxygen atoms in total. The minimum Gasteiger partial charge on any atom is -0.333 e. The lowest BCUT2D eigenvalue weighted by atomic mass is 10.2. The molecule has 1 fully saturated rings. The molecule has 8 heteroatoms. The summed E-state index contributed by atoms with van der Waals surface area (Å²) in [6.07, 6.45) is 3.74. The van der Waals surface area contributed by atoms with Gasteiger partial charge in [-0.1, -0.05) is 0 Å². The number of hydrogen-bond donors (Lipinski definition) is 1. The van der Waals surface area contributed by atoms with E-state index < -0.39 is 0 Å². The lowest BCUT2D eigenvalue weighted by Crippen LogP contribution is -2.41. The lowest BCUT2D eigenvalue weighted by molar-refractivity contribution is 0.0729. The topological polar surface area (TPSA) is 50.2 Å². The first-order valence-corrected chi connectivity index (χ1v) is 8.36. The average molecular weight is 418 g/mol. The predicted octanol–water partition coefficient (Wildman–Crippen LogP) is 3.02. The normalized spacial score (nSPS) is 17.0. The summed E-state index contributed by atoms with van der Waals surface area (Å²) in [5.41, 5.74) is 1.09. The van der Waals surface area contributed by atoms with E-state index in [0.717, 1.165) is 25.9 Å². The summed E-state index contributed by atoms with van der Waals surface area (Å²) in [6.45, 7) is 1.53. The second-order valence-electron chi connectivity index (χ2n) is 5.60. The van der Waals surface area contributed by atoms with Crippen molar-refractivity contribution in [1.82, 2.24) is 20.0 Å². The van der Waals surface area contributed by atoms with Crippen molar-refractivity contribution >= 4 is 34.2 Å². The van der Waals surface area contributed by atoms with Crippen LogP contribution in [0.15, 0.2) is 34.9 Å². The van der Waals surface area contributed by atoms with Crippen LogP contribution in [0.4, 0.5) is 4.39 Å². The molecule has 0 radical (unpaired) electrons. The van der Waals surface area contributed by atoms with Gasteiger partial charge in [0.05, 0.1) is 10.2 Å². The highest BCUT2D eigenvalue weighted by Gasteiger charge is 2.31. The molecule has 2 heterocycles. The van der Waals surface area contributed by atoms with Gasteiger partial charge in [-0.05, 0) is 60.1 Å². The predicted molar refractivity (Wildman–Crippen MR) is 96.5 cm³/mol. The molecular formula is C16H19BrClFN4O. The van der Waals surface area contributed by atoms with E-state index in [1.54, 1.807) is 23.0 Å². The van der Waals surface area contributed by atoms with Crippen molar-refractivity contribution in [2.75, 3.05) is 20.1 Å². The van der Waals surface area contributed by atoms with Gasteiger partial charge < -0.3 is 10.2 Å². The van der Waals surface area contributed by atoms with E-state index in [0.29, 0.717) is 15.9 Å². The molecule has 0 spiro atoms. The number of carbonyl (C=O) groups is 1. The average Bonchev–Trinajstić information content (AvgIpc) is 3.15. The Bertz CT molecular complexity index is 707. The van der Waals surface area contributed by atoms with Crippen LogP contribution in [-0.2, 0) is 0 Å². The summed E-state index contributed by atoms with van der Waals surface area (Å²) in [5.74, 6) is -0.376. The molecule has 1 aliphatic heterocycles. The van der Waals surface area contributed by atoms with Gasteiger partial charge in [0.25, 0.3) is 5.91 Å². The maximum absolute atomic E-state index is 13.0. The summed E-state index contributed by atoms with van der Waals surface area (Å²) in [5, 5.41) is 7.51. The zero-order valence-electron chi connectivity index (χ0n) is 13.2. The van der Waals surface area contributed by atoms with E-state index in [9.17, 15) is 9.18 Å². The van der Waals surface area contributed by atoms with Crippen LogP contribution in [0.1, 0.15) is 23.3 Å². The molecule has 1 atom stereocenters. The number of nitrogens with one attached hydrogen (secondary N) is 1. The van der Waals surface area contributed by atoms with Gasteiger partial charge in [0.1, 0.15) is 5.82 Å². The quantitative estimate of drug-likeness (QED) is 0.832. The zero-order valence-corrected chi connectivity index (χ0v) is 15.6. The molecular weight excluding hydrogens is 399 g/mol. The second kappa shape index (κ2) is 8.09. The molecule has 1 aromatic heterocycles. The van der Waals surface area contributed by atoms with E-state index in [1.807, 2.05) is 11.9 Å². The van der Waals surface area contributed by atoms with Gasteiger partial charge in [0, 0.05) is 25.3 Å². The van der Waals surface area contributed by atoms with Crippen LogP contribution in [0, 0.1) is 5.82 Å². The fourth-order valence-electron chi connectivity index (χ4n) is 2.91. The van der Waals surface area contributed by atoms with E-state index >= 15 is 0 Å². The van der Waals surface area contributed by atoms with E-state index in [2.05, 4.69) is 26.3 Å². The molecule has 1 N–H and O–H groups in total. The fraction of sp³-hybridized carbons (Fsp3) is 0.375. The Balaban J connectivity index is 0.00000208. The standard InChI is InChI=1S/C16H18BrFN4O.ClH/c1-19-9-13-3-2-8-21(13)16(23)15-14(17)10-22(20-15)12-6-4-11(18)5-7-12;/h4-7,10,13,19H,2-3,8-9H2,1H3;1H. The number of amides is 1. The molecule has 1 amide bonds. The molecule has 1 saturated heterocycles. The van der Waals surface area contributed by atoms with Gasteiger partial charge in [-0.2, -0.15) is 5.10 Å². The summed E-state index contributed by atoms with van der Waals surface area (Å²) < 4.78 is 15.3. The van der Waals surface area contributed by atoms with Crippen LogP contribution in [0.3, 0.4) is 0 Å². The molecule has 0 saturated carbocycles. The molecule has 1 unspecified atom stereocenters. The number of nitrogens with zero attached hydrogens (tertiary/aromatic N) is 3. The molecule has 130 valence electrons. The van der Waals surface area contributed by atoms with Gasteiger partial charge in [0.2, 0.25) is 0 Å². The summed E-state index contributed by atoms with van der Waals surface area (Å²) in [7, 11) is 1.89. The SMILES string of the molecule is CNCC1CCCN1C(=O)c1nn(-c2ccc(F)cc2)cc1Br.Cl. The Hall–Kier alpha value is -1.44. The molecule has 1 aromatic carbocycles. The first-order valence-electron chi connectivity index (χ1n) is 7.57. The lowest BCUT2D eigenvalue weighted by Gasteiger charge is -2.23. The van der Waals surface area contributed by atoms with Crippen LogP contribution < -0.4 is 5.32 Å². The molecule has 0 bridgehead atoms. The zero-order chi connectivity index (χ0) is 16.4. The molecule has 3 rings (SSSR count). The van der Waals surface area contributed by atoms with Crippen molar-refractivity contribution in [3.8, 4) is 5.69 Å². The number of likely N-dealkylation sites (N-methyl/N-ethyl adjacent to an activating group) is 1. The minimum absolute atomic E-state index is 0. The van der Waals surface area contributed by atoms with Crippen molar-refractivity contribution in [3.63, 3.8) is 0 Å². The van der Waals surface area contributed by atoms with Crippen molar-refractivity contribution in [2.45, 2.75) is 18.9 Å². The van der Waals surface area contributed by atoms with Gasteiger partial charge in [-0.3, -0.25) is 4.79 Å². The van der Waals surface area contributed by atoms with Crippen LogP contribution in [0.5, 0.6) is 0 Å². The largest absolute Gasteiger partial charge is 0.333 e. The third kappa shape index (κ3) is 3.79. The first kappa shape index (κ1) is 18.9. The van der Waals surface area contributed by atoms with Gasteiger partial charge >= 0.3 is 0 Å². The number of rotatable bonds is 4. The summed E-state index contributed by atoms with van der Waals surface area (Å²) >= 11 is 3.41. The summed E-state index contributed by atoms with van der Waals surface area (Å²) in [4.78, 5) is 14.7. The Morgan fingerprint density at radius 3 is 2.79 bits per heavy atom. The number of halogens is 3. The highest BCUT2D eigenvalue weighted by molar-refractivity contribution is 9.10. The van der Waals surface area contributed by atoms with Crippen LogP contribution in [0.2, 0.25) is 0 Å². The van der Waals surface area contributed by atoms with Crippen LogP contribution in [-0.4, -0.2) is 46.8 Å². The number of likely N-dealkylation sites (tertiary alicyclic amines) is 1. The first-order chi connectivity index (χ1) is 11.1. The summed E-state index contributed by atoms with van der Waals surface area (Å²) in [6, 6.07) is 6.20. The van der Waals surface area contributed by atoms with E-state index in [4.69, 9.17) is 0 Å². The van der Waals surface area contributed by atoms with Gasteiger partial charge in [-0.15, -0.1) is 12.4 Å². The third-order valence-corrected chi connectivity index (χ3v) is 4.62. The smallest absolute Gasteiger partial charge is 0.275 e. The maximum atomic E-state index is 13.0. The molecule has 1 aliphatic rings. The van der Waals surface area contributed by atoms with E-state index in [-0.39, 0.29) is 30.2 Å². The minimum atomic E-state index is -0.303. The number of hydrogen-bond acceptors (Lipinski definition) is 3. The Morgan fingerprint density at radius 2 is 2.12 bits per heavy atom. The number of carbonyl (C=O) groups excluding carboxylic acids is 1. The molecule has 2 aromatic rings. The van der Waals surface area contributed by atoms with Gasteiger partial charge in [-0.25, -0.2) is 9.07 Å². The van der Waals surface area contributed by atoms with Gasteiger partial charge in [0.15, 0.2) is 5.69 Å². The molecule has 24 heavy (non-hydrogen) atoms. The second-order valence-corrected chi connectivity index (χ2v) is 6.45. The maximum Gasteiger partial charge on any atom is 0.275 e. The molecule has 0 aliphatic carbocycles. The Labute approximate surface area is 154 Å². The number of aromatic nitrogens is 2. The van der Waals surface area contributed by atoms with Crippen molar-refractivity contribution in [3.05, 3.63) is 46.4 Å². The van der Waals surface area contributed by atoms with Crippen molar-refractivity contribution < 1.29 is 9.18 Å².